The number of rotatable bonds is 5. The largest absolute Gasteiger partial charge is 0.468 e. The predicted molar refractivity (Wildman–Crippen MR) is 67.5 cm³/mol. The lowest BCUT2D eigenvalue weighted by Gasteiger charge is -2.20. The molecule has 2 atom stereocenters. The predicted octanol–water partition coefficient (Wildman–Crippen LogP) is 3.48. The normalized spacial score (nSPS) is 14.5. The molecule has 1 N–H and O–H groups in total. The molecule has 0 bridgehead atoms. The van der Waals surface area contributed by atoms with Crippen LogP contribution in [0.4, 0.5) is 0 Å². The number of furan rings is 1. The van der Waals surface area contributed by atoms with Crippen LogP contribution in [0.15, 0.2) is 47.3 Å². The van der Waals surface area contributed by atoms with Gasteiger partial charge in [0.2, 0.25) is 0 Å². The average molecular weight is 230 g/mol. The van der Waals surface area contributed by atoms with E-state index in [9.17, 15) is 0 Å². The first-order chi connectivity index (χ1) is 8.31. The number of nitrogens with zero attached hydrogens (tertiary/aromatic N) is 1. The molecule has 0 saturated heterocycles. The minimum absolute atomic E-state index is 0.250. The first kappa shape index (κ1) is 11.9. The number of pyridine rings is 1. The zero-order valence-electron chi connectivity index (χ0n) is 10.3. The fourth-order valence-electron chi connectivity index (χ4n) is 1.92. The summed E-state index contributed by atoms with van der Waals surface area (Å²) in [5.41, 5.74) is 1.19. The highest BCUT2D eigenvalue weighted by molar-refractivity contribution is 5.14. The molecule has 0 fully saturated rings. The number of hydrogen-bond acceptors (Lipinski definition) is 3. The van der Waals surface area contributed by atoms with Crippen LogP contribution in [0.3, 0.4) is 0 Å². The minimum Gasteiger partial charge on any atom is -0.468 e. The molecule has 2 rings (SSSR count). The molecule has 90 valence electrons. The molecule has 2 aromatic rings. The van der Waals surface area contributed by atoms with E-state index in [4.69, 9.17) is 4.42 Å². The molecular formula is C14H18N2O. The molecule has 0 aliphatic carbocycles. The second-order valence-electron chi connectivity index (χ2n) is 4.15. The summed E-state index contributed by atoms with van der Waals surface area (Å²) in [7, 11) is 0. The Kier molecular flexibility index (Phi) is 3.94. The van der Waals surface area contributed by atoms with Crippen molar-refractivity contribution in [2.45, 2.75) is 32.4 Å². The van der Waals surface area contributed by atoms with Crippen molar-refractivity contribution in [1.82, 2.24) is 10.3 Å². The molecule has 0 spiro atoms. The standard InChI is InChI=1S/C14H18N2O/c1-3-13(14-7-5-9-17-14)16-11(2)12-6-4-8-15-10-12/h4-11,13,16H,3H2,1-2H3/t11-,13?/m1/s1. The van der Waals surface area contributed by atoms with Gasteiger partial charge in [0.05, 0.1) is 12.3 Å². The molecule has 0 aliphatic heterocycles. The summed E-state index contributed by atoms with van der Waals surface area (Å²) < 4.78 is 5.45. The summed E-state index contributed by atoms with van der Waals surface area (Å²) in [6.07, 6.45) is 6.40. The van der Waals surface area contributed by atoms with Gasteiger partial charge < -0.3 is 9.73 Å². The van der Waals surface area contributed by atoms with E-state index >= 15 is 0 Å². The van der Waals surface area contributed by atoms with Crippen molar-refractivity contribution < 1.29 is 4.42 Å². The number of nitrogens with one attached hydrogen (secondary N) is 1. The summed E-state index contributed by atoms with van der Waals surface area (Å²) in [5.74, 6) is 0.989. The topological polar surface area (TPSA) is 38.1 Å². The first-order valence-corrected chi connectivity index (χ1v) is 6.00. The van der Waals surface area contributed by atoms with Gasteiger partial charge in [-0.15, -0.1) is 0 Å². The SMILES string of the molecule is CCC(N[C@H](C)c1cccnc1)c1ccco1. The molecule has 0 amide bonds. The van der Waals surface area contributed by atoms with Gasteiger partial charge >= 0.3 is 0 Å². The highest BCUT2D eigenvalue weighted by Crippen LogP contribution is 2.21. The summed E-state index contributed by atoms with van der Waals surface area (Å²) in [6, 6.07) is 8.49. The molecule has 17 heavy (non-hydrogen) atoms. The van der Waals surface area contributed by atoms with E-state index in [1.807, 2.05) is 24.4 Å². The first-order valence-electron chi connectivity index (χ1n) is 6.00. The maximum atomic E-state index is 5.45. The Morgan fingerprint density at radius 2 is 2.24 bits per heavy atom. The molecule has 2 aromatic heterocycles. The van der Waals surface area contributed by atoms with Crippen molar-refractivity contribution in [1.29, 1.82) is 0 Å². The van der Waals surface area contributed by atoms with E-state index in [0.717, 1.165) is 12.2 Å². The Balaban J connectivity index is 2.05. The van der Waals surface area contributed by atoms with Crippen LogP contribution in [0.1, 0.15) is 43.7 Å². The van der Waals surface area contributed by atoms with Gasteiger partial charge in [0.1, 0.15) is 5.76 Å². The van der Waals surface area contributed by atoms with Crippen molar-refractivity contribution in [3.63, 3.8) is 0 Å². The van der Waals surface area contributed by atoms with Gasteiger partial charge in [-0.05, 0) is 37.1 Å². The Hall–Kier alpha value is -1.61. The highest BCUT2D eigenvalue weighted by Gasteiger charge is 2.15. The minimum atomic E-state index is 0.250. The molecule has 0 aromatic carbocycles. The summed E-state index contributed by atoms with van der Waals surface area (Å²) >= 11 is 0. The van der Waals surface area contributed by atoms with Gasteiger partial charge in [-0.25, -0.2) is 0 Å². The molecule has 3 nitrogen and oxygen atoms in total. The van der Waals surface area contributed by atoms with Crippen molar-refractivity contribution in [2.75, 3.05) is 0 Å². The maximum absolute atomic E-state index is 5.45. The Labute approximate surface area is 102 Å². The molecule has 1 unspecified atom stereocenters. The van der Waals surface area contributed by atoms with Crippen LogP contribution in [0.25, 0.3) is 0 Å². The van der Waals surface area contributed by atoms with Crippen molar-refractivity contribution in [3.05, 3.63) is 54.2 Å². The molecule has 0 aliphatic rings. The summed E-state index contributed by atoms with van der Waals surface area (Å²) in [5, 5.41) is 3.55. The van der Waals surface area contributed by atoms with E-state index in [2.05, 4.69) is 30.2 Å². The quantitative estimate of drug-likeness (QED) is 0.854. The molecule has 3 heteroatoms. The van der Waals surface area contributed by atoms with Crippen molar-refractivity contribution in [3.8, 4) is 0 Å². The zero-order valence-corrected chi connectivity index (χ0v) is 10.3. The number of aromatic nitrogens is 1. The third kappa shape index (κ3) is 2.94. The van der Waals surface area contributed by atoms with Crippen LogP contribution < -0.4 is 5.32 Å². The Morgan fingerprint density at radius 1 is 1.35 bits per heavy atom. The summed E-state index contributed by atoms with van der Waals surface area (Å²) in [4.78, 5) is 4.14. The van der Waals surface area contributed by atoms with Crippen LogP contribution >= 0.6 is 0 Å². The fourth-order valence-corrected chi connectivity index (χ4v) is 1.92. The van der Waals surface area contributed by atoms with Gasteiger partial charge in [0.25, 0.3) is 0 Å². The zero-order chi connectivity index (χ0) is 12.1. The van der Waals surface area contributed by atoms with Crippen LogP contribution in [0.5, 0.6) is 0 Å². The highest BCUT2D eigenvalue weighted by atomic mass is 16.3. The molecule has 0 saturated carbocycles. The molecule has 0 radical (unpaired) electrons. The monoisotopic (exact) mass is 230 g/mol. The Bertz CT molecular complexity index is 425. The van der Waals surface area contributed by atoms with Crippen LogP contribution in [-0.2, 0) is 0 Å². The van der Waals surface area contributed by atoms with Crippen molar-refractivity contribution >= 4 is 0 Å². The van der Waals surface area contributed by atoms with E-state index in [1.165, 1.54) is 5.56 Å². The van der Waals surface area contributed by atoms with Crippen LogP contribution in [0, 0.1) is 0 Å². The lowest BCUT2D eigenvalue weighted by molar-refractivity contribution is 0.376. The van der Waals surface area contributed by atoms with E-state index < -0.39 is 0 Å². The number of hydrogen-bond donors (Lipinski definition) is 1. The summed E-state index contributed by atoms with van der Waals surface area (Å²) in [6.45, 7) is 4.29. The van der Waals surface area contributed by atoms with Gasteiger partial charge in [-0.3, -0.25) is 4.98 Å². The fraction of sp³-hybridized carbons (Fsp3) is 0.357. The average Bonchev–Trinajstić information content (AvgIpc) is 2.90. The van der Waals surface area contributed by atoms with E-state index in [-0.39, 0.29) is 12.1 Å². The van der Waals surface area contributed by atoms with Gasteiger partial charge in [0.15, 0.2) is 0 Å². The lowest BCUT2D eigenvalue weighted by Crippen LogP contribution is -2.23. The lowest BCUT2D eigenvalue weighted by atomic mass is 10.1. The third-order valence-corrected chi connectivity index (χ3v) is 2.93. The smallest absolute Gasteiger partial charge is 0.120 e. The van der Waals surface area contributed by atoms with E-state index in [0.29, 0.717) is 0 Å². The molecule has 2 heterocycles. The van der Waals surface area contributed by atoms with E-state index in [1.54, 1.807) is 12.5 Å². The van der Waals surface area contributed by atoms with Gasteiger partial charge in [0, 0.05) is 18.4 Å². The van der Waals surface area contributed by atoms with Crippen LogP contribution in [-0.4, -0.2) is 4.98 Å². The van der Waals surface area contributed by atoms with Crippen LogP contribution in [0.2, 0.25) is 0 Å². The van der Waals surface area contributed by atoms with Crippen molar-refractivity contribution in [2.24, 2.45) is 0 Å². The maximum Gasteiger partial charge on any atom is 0.120 e. The van der Waals surface area contributed by atoms with Gasteiger partial charge in [-0.1, -0.05) is 13.0 Å². The third-order valence-electron chi connectivity index (χ3n) is 2.93. The second kappa shape index (κ2) is 5.64. The Morgan fingerprint density at radius 3 is 2.82 bits per heavy atom. The van der Waals surface area contributed by atoms with Gasteiger partial charge in [-0.2, -0.15) is 0 Å². The second-order valence-corrected chi connectivity index (χ2v) is 4.15. The molecular weight excluding hydrogens is 212 g/mol.